The molecule has 23 heavy (non-hydrogen) atoms. The van der Waals surface area contributed by atoms with Gasteiger partial charge in [-0.25, -0.2) is 9.97 Å². The first-order valence-electron chi connectivity index (χ1n) is 7.19. The number of aryl methyl sites for hydroxylation is 2. The average Bonchev–Trinajstić information content (AvgIpc) is 2.86. The first-order chi connectivity index (χ1) is 11.0. The third-order valence-corrected chi connectivity index (χ3v) is 4.51. The molecule has 0 fully saturated rings. The molecule has 0 aliphatic carbocycles. The van der Waals surface area contributed by atoms with E-state index in [0.717, 1.165) is 22.0 Å². The molecule has 0 amide bonds. The molecule has 0 spiro atoms. The van der Waals surface area contributed by atoms with Crippen molar-refractivity contribution < 1.29 is 0 Å². The Bertz CT molecular complexity index is 833. The fourth-order valence-corrected chi connectivity index (χ4v) is 3.46. The minimum Gasteiger partial charge on any atom is -0.345 e. The topological polar surface area (TPSA) is 63.6 Å². The number of nitrogens with one attached hydrogen (secondary N) is 1. The number of halogens is 1. The third-order valence-electron chi connectivity index (χ3n) is 3.37. The molecule has 0 radical (unpaired) electrons. The van der Waals surface area contributed by atoms with Crippen LogP contribution in [0.25, 0.3) is 11.3 Å². The van der Waals surface area contributed by atoms with Gasteiger partial charge in [0.2, 0.25) is 5.95 Å². The van der Waals surface area contributed by atoms with Crippen molar-refractivity contribution in [2.75, 3.05) is 5.32 Å². The summed E-state index contributed by atoms with van der Waals surface area (Å²) in [5.41, 5.74) is 2.65. The highest BCUT2D eigenvalue weighted by Gasteiger charge is 2.14. The molecule has 5 nitrogen and oxygen atoms in total. The monoisotopic (exact) mass is 345 g/mol. The SMILES string of the molecule is Cc1nc([C@@H](C)Nc2nncc(-c3cccc(Cl)c3)n2)c(C)s1. The van der Waals surface area contributed by atoms with Gasteiger partial charge < -0.3 is 5.32 Å². The van der Waals surface area contributed by atoms with Crippen LogP contribution in [0.1, 0.15) is 28.5 Å². The summed E-state index contributed by atoms with van der Waals surface area (Å²) in [5.74, 6) is 0.472. The highest BCUT2D eigenvalue weighted by atomic mass is 35.5. The van der Waals surface area contributed by atoms with Crippen LogP contribution in [0.4, 0.5) is 5.95 Å². The van der Waals surface area contributed by atoms with Crippen molar-refractivity contribution in [3.8, 4) is 11.3 Å². The summed E-state index contributed by atoms with van der Waals surface area (Å²) in [7, 11) is 0. The lowest BCUT2D eigenvalue weighted by Gasteiger charge is -2.12. The van der Waals surface area contributed by atoms with Gasteiger partial charge in [-0.3, -0.25) is 0 Å². The van der Waals surface area contributed by atoms with E-state index in [2.05, 4.69) is 32.4 Å². The van der Waals surface area contributed by atoms with E-state index in [0.29, 0.717) is 11.0 Å². The molecule has 3 rings (SSSR count). The molecular weight excluding hydrogens is 330 g/mol. The number of thiazole rings is 1. The maximum atomic E-state index is 6.03. The lowest BCUT2D eigenvalue weighted by atomic mass is 10.2. The normalized spacial score (nSPS) is 12.2. The van der Waals surface area contributed by atoms with Gasteiger partial charge in [-0.05, 0) is 32.9 Å². The molecule has 0 aliphatic heterocycles. The third kappa shape index (κ3) is 3.65. The first kappa shape index (κ1) is 15.8. The zero-order valence-electron chi connectivity index (χ0n) is 13.0. The van der Waals surface area contributed by atoms with Crippen LogP contribution < -0.4 is 5.32 Å². The fourth-order valence-electron chi connectivity index (χ4n) is 2.36. The fraction of sp³-hybridized carbons (Fsp3) is 0.250. The molecule has 0 unspecified atom stereocenters. The van der Waals surface area contributed by atoms with Crippen molar-refractivity contribution in [3.63, 3.8) is 0 Å². The molecule has 0 saturated carbocycles. The highest BCUT2D eigenvalue weighted by Crippen LogP contribution is 2.25. The lowest BCUT2D eigenvalue weighted by Crippen LogP contribution is -2.11. The van der Waals surface area contributed by atoms with Gasteiger partial charge in [0.15, 0.2) is 0 Å². The summed E-state index contributed by atoms with van der Waals surface area (Å²) >= 11 is 7.72. The second kappa shape index (κ2) is 6.60. The van der Waals surface area contributed by atoms with Gasteiger partial charge in [0.25, 0.3) is 0 Å². The maximum absolute atomic E-state index is 6.03. The molecule has 2 aromatic heterocycles. The number of nitrogens with zero attached hydrogens (tertiary/aromatic N) is 4. The van der Waals surface area contributed by atoms with Crippen LogP contribution in [-0.2, 0) is 0 Å². The Kier molecular flexibility index (Phi) is 4.54. The van der Waals surface area contributed by atoms with Crippen LogP contribution in [0.15, 0.2) is 30.5 Å². The Morgan fingerprint density at radius 3 is 2.74 bits per heavy atom. The zero-order valence-corrected chi connectivity index (χ0v) is 14.6. The highest BCUT2D eigenvalue weighted by molar-refractivity contribution is 7.11. The second-order valence-corrected chi connectivity index (χ2v) is 7.06. The summed E-state index contributed by atoms with van der Waals surface area (Å²) in [5, 5.41) is 13.1. The van der Waals surface area contributed by atoms with Crippen molar-refractivity contribution >= 4 is 28.9 Å². The molecule has 2 heterocycles. The molecular formula is C16H16ClN5S. The molecule has 0 aliphatic rings. The second-order valence-electron chi connectivity index (χ2n) is 5.22. The van der Waals surface area contributed by atoms with Gasteiger partial charge in [-0.1, -0.05) is 23.7 Å². The van der Waals surface area contributed by atoms with E-state index in [-0.39, 0.29) is 6.04 Å². The molecule has 0 bridgehead atoms. The number of hydrogen-bond donors (Lipinski definition) is 1. The van der Waals surface area contributed by atoms with Crippen LogP contribution in [0, 0.1) is 13.8 Å². The predicted molar refractivity (Wildman–Crippen MR) is 93.9 cm³/mol. The number of hydrogen-bond acceptors (Lipinski definition) is 6. The van der Waals surface area contributed by atoms with E-state index >= 15 is 0 Å². The van der Waals surface area contributed by atoms with Crippen LogP contribution in [0.2, 0.25) is 5.02 Å². The lowest BCUT2D eigenvalue weighted by molar-refractivity contribution is 0.807. The Morgan fingerprint density at radius 2 is 2.04 bits per heavy atom. The van der Waals surface area contributed by atoms with E-state index in [4.69, 9.17) is 11.6 Å². The Hall–Kier alpha value is -2.05. The quantitative estimate of drug-likeness (QED) is 0.757. The van der Waals surface area contributed by atoms with Crippen molar-refractivity contribution in [2.45, 2.75) is 26.8 Å². The average molecular weight is 346 g/mol. The van der Waals surface area contributed by atoms with Crippen molar-refractivity contribution in [3.05, 3.63) is 51.1 Å². The molecule has 118 valence electrons. The Balaban J connectivity index is 1.84. The van der Waals surface area contributed by atoms with Gasteiger partial charge in [-0.15, -0.1) is 16.4 Å². The summed E-state index contributed by atoms with van der Waals surface area (Å²) in [4.78, 5) is 10.3. The largest absolute Gasteiger partial charge is 0.345 e. The van der Waals surface area contributed by atoms with Crippen LogP contribution in [-0.4, -0.2) is 20.2 Å². The summed E-state index contributed by atoms with van der Waals surface area (Å²) in [6.07, 6.45) is 1.62. The molecule has 3 aromatic rings. The Labute approximate surface area is 143 Å². The van der Waals surface area contributed by atoms with Gasteiger partial charge in [0.05, 0.1) is 28.6 Å². The van der Waals surface area contributed by atoms with Crippen molar-refractivity contribution in [1.29, 1.82) is 0 Å². The summed E-state index contributed by atoms with van der Waals surface area (Å²) in [6, 6.07) is 7.52. The minimum absolute atomic E-state index is 0.0105. The molecule has 0 saturated heterocycles. The number of rotatable bonds is 4. The standard InChI is InChI=1S/C16H16ClN5S/c1-9(15-10(2)23-11(3)20-15)19-16-21-14(8-18-22-16)12-5-4-6-13(17)7-12/h4-9H,1-3H3,(H,19,21,22)/t9-/m1/s1. The minimum atomic E-state index is 0.0105. The maximum Gasteiger partial charge on any atom is 0.243 e. The van der Waals surface area contributed by atoms with Crippen molar-refractivity contribution in [1.82, 2.24) is 20.2 Å². The van der Waals surface area contributed by atoms with E-state index in [1.807, 2.05) is 38.1 Å². The van der Waals surface area contributed by atoms with Crippen LogP contribution >= 0.6 is 22.9 Å². The van der Waals surface area contributed by atoms with Crippen LogP contribution in [0.5, 0.6) is 0 Å². The number of anilines is 1. The smallest absolute Gasteiger partial charge is 0.243 e. The van der Waals surface area contributed by atoms with Gasteiger partial charge in [-0.2, -0.15) is 5.10 Å². The summed E-state index contributed by atoms with van der Waals surface area (Å²) in [6.45, 7) is 6.11. The van der Waals surface area contributed by atoms with E-state index in [1.165, 1.54) is 4.88 Å². The molecule has 1 N–H and O–H groups in total. The molecule has 1 aromatic carbocycles. The van der Waals surface area contributed by atoms with Crippen molar-refractivity contribution in [2.24, 2.45) is 0 Å². The van der Waals surface area contributed by atoms with E-state index in [1.54, 1.807) is 17.5 Å². The summed E-state index contributed by atoms with van der Waals surface area (Å²) < 4.78 is 0. The predicted octanol–water partition coefficient (Wildman–Crippen LogP) is 4.44. The van der Waals surface area contributed by atoms with E-state index in [9.17, 15) is 0 Å². The van der Waals surface area contributed by atoms with Gasteiger partial charge in [0.1, 0.15) is 0 Å². The van der Waals surface area contributed by atoms with E-state index < -0.39 is 0 Å². The Morgan fingerprint density at radius 1 is 1.22 bits per heavy atom. The van der Waals surface area contributed by atoms with Gasteiger partial charge in [0, 0.05) is 15.5 Å². The molecule has 7 heteroatoms. The molecule has 1 atom stereocenters. The van der Waals surface area contributed by atoms with Gasteiger partial charge >= 0.3 is 0 Å². The zero-order chi connectivity index (χ0) is 16.4. The number of aromatic nitrogens is 4. The number of benzene rings is 1. The van der Waals surface area contributed by atoms with Crippen LogP contribution in [0.3, 0.4) is 0 Å². The first-order valence-corrected chi connectivity index (χ1v) is 8.38.